The van der Waals surface area contributed by atoms with Gasteiger partial charge in [0.25, 0.3) is 0 Å². The van der Waals surface area contributed by atoms with E-state index in [0.717, 1.165) is 31.9 Å². The molecule has 1 amide bonds. The van der Waals surface area contributed by atoms with Gasteiger partial charge in [-0.3, -0.25) is 4.79 Å². The molecule has 0 aromatic heterocycles. The van der Waals surface area contributed by atoms with Gasteiger partial charge in [-0.25, -0.2) is 0 Å². The molecule has 0 aliphatic rings. The molecular formula is C17H37NO2Si. The van der Waals surface area contributed by atoms with Gasteiger partial charge >= 0.3 is 0 Å². The molecule has 0 aliphatic heterocycles. The average molecular weight is 316 g/mol. The molecule has 0 fully saturated rings. The lowest BCUT2D eigenvalue weighted by atomic mass is 10.1. The molecule has 0 spiro atoms. The SMILES string of the molecule is CCCCNC(=O)CCCCCCCCCC[Si](C)(C)O. The first-order valence-electron chi connectivity index (χ1n) is 8.95. The van der Waals surface area contributed by atoms with Gasteiger partial charge in [0.15, 0.2) is 8.32 Å². The number of hydrogen-bond donors (Lipinski definition) is 2. The van der Waals surface area contributed by atoms with Gasteiger partial charge in [-0.15, -0.1) is 0 Å². The third kappa shape index (κ3) is 17.6. The van der Waals surface area contributed by atoms with E-state index in [4.69, 9.17) is 0 Å². The van der Waals surface area contributed by atoms with Crippen molar-refractivity contribution >= 4 is 14.2 Å². The van der Waals surface area contributed by atoms with Crippen LogP contribution in [-0.4, -0.2) is 25.6 Å². The number of nitrogens with one attached hydrogen (secondary N) is 1. The van der Waals surface area contributed by atoms with Crippen LogP contribution in [0.15, 0.2) is 0 Å². The van der Waals surface area contributed by atoms with E-state index in [1.165, 1.54) is 44.9 Å². The lowest BCUT2D eigenvalue weighted by Gasteiger charge is -2.12. The first kappa shape index (κ1) is 20.6. The second-order valence-electron chi connectivity index (χ2n) is 6.84. The fourth-order valence-corrected chi connectivity index (χ4v) is 3.51. The smallest absolute Gasteiger partial charge is 0.219 e. The molecule has 0 bridgehead atoms. The van der Waals surface area contributed by atoms with Crippen molar-refractivity contribution in [2.24, 2.45) is 0 Å². The Hall–Kier alpha value is -0.353. The highest BCUT2D eigenvalue weighted by molar-refractivity contribution is 6.69. The third-order valence-electron chi connectivity index (χ3n) is 3.79. The molecule has 0 aromatic carbocycles. The summed E-state index contributed by atoms with van der Waals surface area (Å²) in [6.45, 7) is 7.01. The first-order chi connectivity index (χ1) is 9.95. The van der Waals surface area contributed by atoms with Gasteiger partial charge in [0.2, 0.25) is 5.91 Å². The standard InChI is InChI=1S/C17H37NO2Si/c1-4-5-15-18-17(19)14-12-10-8-6-7-9-11-13-16-21(2,3)20/h20H,4-16H2,1-3H3,(H,18,19). The molecule has 0 saturated heterocycles. The van der Waals surface area contributed by atoms with E-state index in [-0.39, 0.29) is 5.91 Å². The number of hydrogen-bond acceptors (Lipinski definition) is 2. The molecule has 2 N–H and O–H groups in total. The molecular weight excluding hydrogens is 278 g/mol. The first-order valence-corrected chi connectivity index (χ1v) is 12.1. The van der Waals surface area contributed by atoms with E-state index in [1.807, 2.05) is 13.1 Å². The molecule has 4 heteroatoms. The number of unbranched alkanes of at least 4 members (excludes halogenated alkanes) is 8. The zero-order valence-corrected chi connectivity index (χ0v) is 15.5. The summed E-state index contributed by atoms with van der Waals surface area (Å²) < 4.78 is 0. The van der Waals surface area contributed by atoms with Crippen LogP contribution >= 0.6 is 0 Å². The topological polar surface area (TPSA) is 49.3 Å². The van der Waals surface area contributed by atoms with Crippen molar-refractivity contribution in [3.63, 3.8) is 0 Å². The summed E-state index contributed by atoms with van der Waals surface area (Å²) in [7, 11) is -1.80. The maximum absolute atomic E-state index is 11.5. The lowest BCUT2D eigenvalue weighted by Crippen LogP contribution is -2.23. The van der Waals surface area contributed by atoms with Crippen LogP contribution < -0.4 is 5.32 Å². The van der Waals surface area contributed by atoms with Crippen LogP contribution in [0.4, 0.5) is 0 Å². The lowest BCUT2D eigenvalue weighted by molar-refractivity contribution is -0.121. The van der Waals surface area contributed by atoms with Gasteiger partial charge in [-0.1, -0.05) is 58.3 Å². The average Bonchev–Trinajstić information content (AvgIpc) is 2.40. The molecule has 0 aliphatic carbocycles. The number of rotatable bonds is 14. The predicted octanol–water partition coefficient (Wildman–Crippen LogP) is 4.61. The van der Waals surface area contributed by atoms with Crippen molar-refractivity contribution in [1.82, 2.24) is 5.32 Å². The van der Waals surface area contributed by atoms with E-state index in [2.05, 4.69) is 12.2 Å². The Balaban J connectivity index is 3.17. The number of carbonyl (C=O) groups is 1. The Morgan fingerprint density at radius 2 is 1.43 bits per heavy atom. The Morgan fingerprint density at radius 1 is 0.905 bits per heavy atom. The Labute approximate surface area is 133 Å². The summed E-state index contributed by atoms with van der Waals surface area (Å²) in [6, 6.07) is 1.04. The monoisotopic (exact) mass is 315 g/mol. The van der Waals surface area contributed by atoms with Crippen LogP contribution in [0.1, 0.15) is 77.6 Å². The van der Waals surface area contributed by atoms with Crippen molar-refractivity contribution in [2.75, 3.05) is 6.54 Å². The second-order valence-corrected chi connectivity index (χ2v) is 11.0. The van der Waals surface area contributed by atoms with Crippen LogP contribution in [0, 0.1) is 0 Å². The highest BCUT2D eigenvalue weighted by Crippen LogP contribution is 2.14. The highest BCUT2D eigenvalue weighted by Gasteiger charge is 2.15. The molecule has 0 saturated carbocycles. The van der Waals surface area contributed by atoms with Crippen molar-refractivity contribution in [3.05, 3.63) is 0 Å². The van der Waals surface area contributed by atoms with Gasteiger partial charge in [0.1, 0.15) is 0 Å². The molecule has 0 rings (SSSR count). The Kier molecular flexibility index (Phi) is 13.1. The Bertz CT molecular complexity index is 252. The molecule has 21 heavy (non-hydrogen) atoms. The maximum atomic E-state index is 11.5. The number of carbonyl (C=O) groups excluding carboxylic acids is 1. The minimum atomic E-state index is -1.80. The predicted molar refractivity (Wildman–Crippen MR) is 94.0 cm³/mol. The van der Waals surface area contributed by atoms with E-state index < -0.39 is 8.32 Å². The zero-order valence-electron chi connectivity index (χ0n) is 14.5. The minimum absolute atomic E-state index is 0.222. The Morgan fingerprint density at radius 3 is 1.95 bits per heavy atom. The van der Waals surface area contributed by atoms with E-state index >= 15 is 0 Å². The minimum Gasteiger partial charge on any atom is -0.432 e. The van der Waals surface area contributed by atoms with E-state index in [9.17, 15) is 9.59 Å². The highest BCUT2D eigenvalue weighted by atomic mass is 28.4. The van der Waals surface area contributed by atoms with Gasteiger partial charge in [0.05, 0.1) is 0 Å². The summed E-state index contributed by atoms with van der Waals surface area (Å²) in [6.07, 6.45) is 12.7. The van der Waals surface area contributed by atoms with E-state index in [1.54, 1.807) is 0 Å². The molecule has 3 nitrogen and oxygen atoms in total. The summed E-state index contributed by atoms with van der Waals surface area (Å²) in [4.78, 5) is 21.2. The third-order valence-corrected chi connectivity index (χ3v) is 5.37. The van der Waals surface area contributed by atoms with Crippen LogP contribution in [0.2, 0.25) is 19.1 Å². The summed E-state index contributed by atoms with van der Waals surface area (Å²) in [5, 5.41) is 2.96. The van der Waals surface area contributed by atoms with Gasteiger partial charge in [-0.05, 0) is 32.0 Å². The van der Waals surface area contributed by atoms with Crippen molar-refractivity contribution < 1.29 is 9.59 Å². The van der Waals surface area contributed by atoms with Gasteiger partial charge in [0, 0.05) is 13.0 Å². The molecule has 0 atom stereocenters. The van der Waals surface area contributed by atoms with E-state index in [0.29, 0.717) is 6.42 Å². The number of amides is 1. The fraction of sp³-hybridized carbons (Fsp3) is 0.941. The van der Waals surface area contributed by atoms with Crippen LogP contribution in [0.3, 0.4) is 0 Å². The summed E-state index contributed by atoms with van der Waals surface area (Å²) in [5.74, 6) is 0.222. The molecule has 0 heterocycles. The quantitative estimate of drug-likeness (QED) is 0.363. The molecule has 0 radical (unpaired) electrons. The molecule has 126 valence electrons. The second kappa shape index (κ2) is 13.3. The summed E-state index contributed by atoms with van der Waals surface area (Å²) >= 11 is 0. The van der Waals surface area contributed by atoms with Gasteiger partial charge < -0.3 is 10.1 Å². The normalized spacial score (nSPS) is 11.6. The molecule has 0 aromatic rings. The fourth-order valence-electron chi connectivity index (χ4n) is 2.40. The van der Waals surface area contributed by atoms with Crippen LogP contribution in [0.25, 0.3) is 0 Å². The van der Waals surface area contributed by atoms with Gasteiger partial charge in [-0.2, -0.15) is 0 Å². The maximum Gasteiger partial charge on any atom is 0.219 e. The zero-order chi connectivity index (χ0) is 16.0. The van der Waals surface area contributed by atoms with Crippen LogP contribution in [0.5, 0.6) is 0 Å². The van der Waals surface area contributed by atoms with Crippen molar-refractivity contribution in [1.29, 1.82) is 0 Å². The molecule has 0 unspecified atom stereocenters. The van der Waals surface area contributed by atoms with Crippen molar-refractivity contribution in [3.8, 4) is 0 Å². The van der Waals surface area contributed by atoms with Crippen LogP contribution in [-0.2, 0) is 4.79 Å². The van der Waals surface area contributed by atoms with Crippen molar-refractivity contribution in [2.45, 2.75) is 96.7 Å². The summed E-state index contributed by atoms with van der Waals surface area (Å²) in [5.41, 5.74) is 0. The largest absolute Gasteiger partial charge is 0.432 e.